The van der Waals surface area contributed by atoms with Crippen molar-refractivity contribution in [3.63, 3.8) is 0 Å². The first kappa shape index (κ1) is 17.2. The monoisotopic (exact) mass is 374 g/mol. The molecule has 23 heavy (non-hydrogen) atoms. The molecule has 0 aliphatic heterocycles. The lowest BCUT2D eigenvalue weighted by molar-refractivity contribution is -0.133. The van der Waals surface area contributed by atoms with Gasteiger partial charge in [-0.05, 0) is 48.2 Å². The van der Waals surface area contributed by atoms with Gasteiger partial charge in [-0.1, -0.05) is 48.0 Å². The van der Waals surface area contributed by atoms with E-state index in [0.717, 1.165) is 16.5 Å². The second-order valence-corrected chi connectivity index (χ2v) is 6.23. The third-order valence-corrected chi connectivity index (χ3v) is 4.19. The molecule has 0 saturated heterocycles. The number of hydrogen-bond donors (Lipinski definition) is 2. The predicted molar refractivity (Wildman–Crippen MR) is 96.5 cm³/mol. The summed E-state index contributed by atoms with van der Waals surface area (Å²) in [5.74, 6) is -1.06. The number of amides is 2. The number of para-hydroxylation sites is 1. The summed E-state index contributed by atoms with van der Waals surface area (Å²) in [6.45, 7) is 4.18. The molecule has 0 fully saturated rings. The number of benzene rings is 2. The van der Waals surface area contributed by atoms with Crippen LogP contribution in [0.3, 0.4) is 0 Å². The molecule has 0 heterocycles. The minimum atomic E-state index is -0.689. The summed E-state index contributed by atoms with van der Waals surface area (Å²) in [6, 6.07) is 14.6. The van der Waals surface area contributed by atoms with Gasteiger partial charge in [0.05, 0.1) is 0 Å². The molecule has 4 nitrogen and oxygen atoms in total. The first-order valence-corrected chi connectivity index (χ1v) is 8.27. The maximum absolute atomic E-state index is 12.1. The van der Waals surface area contributed by atoms with Crippen LogP contribution in [0.5, 0.6) is 0 Å². The lowest BCUT2D eigenvalue weighted by atomic mass is 9.97. The van der Waals surface area contributed by atoms with Crippen LogP contribution in [0.1, 0.15) is 31.7 Å². The topological polar surface area (TPSA) is 58.2 Å². The molecule has 0 saturated carbocycles. The van der Waals surface area contributed by atoms with Crippen LogP contribution in [0.25, 0.3) is 0 Å². The van der Waals surface area contributed by atoms with Gasteiger partial charge in [0.15, 0.2) is 0 Å². The predicted octanol–water partition coefficient (Wildman–Crippen LogP) is 4.54. The quantitative estimate of drug-likeness (QED) is 0.771. The summed E-state index contributed by atoms with van der Waals surface area (Å²) in [7, 11) is 0. The van der Waals surface area contributed by atoms with Gasteiger partial charge in [-0.15, -0.1) is 0 Å². The van der Waals surface area contributed by atoms with Crippen molar-refractivity contribution in [2.24, 2.45) is 0 Å². The van der Waals surface area contributed by atoms with E-state index < -0.39 is 11.8 Å². The van der Waals surface area contributed by atoms with Crippen LogP contribution >= 0.6 is 15.9 Å². The molecule has 0 aliphatic carbocycles. The molecule has 2 aromatic rings. The average Bonchev–Trinajstić information content (AvgIpc) is 2.56. The highest BCUT2D eigenvalue weighted by Crippen LogP contribution is 2.26. The van der Waals surface area contributed by atoms with E-state index in [1.54, 1.807) is 24.3 Å². The Bertz CT molecular complexity index is 698. The van der Waals surface area contributed by atoms with Crippen molar-refractivity contribution >= 4 is 39.1 Å². The van der Waals surface area contributed by atoms with Crippen molar-refractivity contribution in [2.75, 3.05) is 10.6 Å². The van der Waals surface area contributed by atoms with Gasteiger partial charge in [-0.2, -0.15) is 0 Å². The number of rotatable bonds is 4. The smallest absolute Gasteiger partial charge is 0.314 e. The Hall–Kier alpha value is -2.14. The lowest BCUT2D eigenvalue weighted by Gasteiger charge is -2.15. The second-order valence-electron chi connectivity index (χ2n) is 5.31. The zero-order valence-corrected chi connectivity index (χ0v) is 14.7. The van der Waals surface area contributed by atoms with Gasteiger partial charge in [0.25, 0.3) is 0 Å². The molecule has 0 spiro atoms. The Kier molecular flexibility index (Phi) is 5.93. The molecular formula is C18H19BrN2O2. The first-order chi connectivity index (χ1) is 11.0. The molecule has 2 amide bonds. The minimum Gasteiger partial charge on any atom is -0.318 e. The van der Waals surface area contributed by atoms with E-state index in [1.165, 1.54) is 0 Å². The molecule has 0 radical (unpaired) electrons. The second kappa shape index (κ2) is 7.92. The highest BCUT2D eigenvalue weighted by Gasteiger charge is 2.17. The normalized spacial score (nSPS) is 11.6. The molecule has 1 unspecified atom stereocenters. The SMILES string of the molecule is CCC(C)c1ccccc1NC(=O)C(=O)Nc1ccc(Br)cc1. The fourth-order valence-electron chi connectivity index (χ4n) is 2.16. The summed E-state index contributed by atoms with van der Waals surface area (Å²) < 4.78 is 0.905. The van der Waals surface area contributed by atoms with Gasteiger partial charge in [0, 0.05) is 15.8 Å². The van der Waals surface area contributed by atoms with Crippen molar-refractivity contribution < 1.29 is 9.59 Å². The van der Waals surface area contributed by atoms with Crippen LogP contribution in [0, 0.1) is 0 Å². The van der Waals surface area contributed by atoms with Crippen LogP contribution in [0.4, 0.5) is 11.4 Å². The number of nitrogens with one attached hydrogen (secondary N) is 2. The van der Waals surface area contributed by atoms with Gasteiger partial charge in [0.1, 0.15) is 0 Å². The summed E-state index contributed by atoms with van der Waals surface area (Å²) in [5, 5.41) is 5.28. The fraction of sp³-hybridized carbons (Fsp3) is 0.222. The highest BCUT2D eigenvalue weighted by atomic mass is 79.9. The van der Waals surface area contributed by atoms with Crippen LogP contribution in [0.2, 0.25) is 0 Å². The van der Waals surface area contributed by atoms with Gasteiger partial charge in [0.2, 0.25) is 0 Å². The summed E-state index contributed by atoms with van der Waals surface area (Å²) >= 11 is 3.32. The van der Waals surface area contributed by atoms with Gasteiger partial charge in [-0.25, -0.2) is 0 Å². The van der Waals surface area contributed by atoms with Gasteiger partial charge in [-0.3, -0.25) is 9.59 Å². The molecule has 120 valence electrons. The van der Waals surface area contributed by atoms with E-state index in [4.69, 9.17) is 0 Å². The van der Waals surface area contributed by atoms with Crippen LogP contribution in [-0.2, 0) is 9.59 Å². The largest absolute Gasteiger partial charge is 0.318 e. The number of hydrogen-bond acceptors (Lipinski definition) is 2. The Labute approximate surface area is 144 Å². The maximum Gasteiger partial charge on any atom is 0.314 e. The first-order valence-electron chi connectivity index (χ1n) is 7.48. The summed E-state index contributed by atoms with van der Waals surface area (Å²) in [6.07, 6.45) is 0.956. The van der Waals surface area contributed by atoms with Gasteiger partial charge < -0.3 is 10.6 Å². The number of carbonyl (C=O) groups is 2. The molecule has 5 heteroatoms. The number of anilines is 2. The third kappa shape index (κ3) is 4.66. The standard InChI is InChI=1S/C18H19BrN2O2/c1-3-12(2)15-6-4-5-7-16(15)21-18(23)17(22)20-14-10-8-13(19)9-11-14/h4-12H,3H2,1-2H3,(H,20,22)(H,21,23). The van der Waals surface area contributed by atoms with E-state index in [9.17, 15) is 9.59 Å². The summed E-state index contributed by atoms with van der Waals surface area (Å²) in [4.78, 5) is 24.1. The molecule has 2 N–H and O–H groups in total. The molecule has 2 aromatic carbocycles. The molecule has 0 bridgehead atoms. The van der Waals surface area contributed by atoms with E-state index in [1.807, 2.05) is 24.3 Å². The fourth-order valence-corrected chi connectivity index (χ4v) is 2.42. The molecule has 0 aliphatic rings. The van der Waals surface area contributed by atoms with Crippen molar-refractivity contribution in [2.45, 2.75) is 26.2 Å². The van der Waals surface area contributed by atoms with Crippen LogP contribution in [-0.4, -0.2) is 11.8 Å². The third-order valence-electron chi connectivity index (χ3n) is 3.66. The van der Waals surface area contributed by atoms with Crippen LogP contribution in [0.15, 0.2) is 53.0 Å². The van der Waals surface area contributed by atoms with Crippen molar-refractivity contribution in [1.29, 1.82) is 0 Å². The molecule has 2 rings (SSSR count). The van der Waals surface area contributed by atoms with Crippen molar-refractivity contribution in [3.05, 3.63) is 58.6 Å². The van der Waals surface area contributed by atoms with Crippen LogP contribution < -0.4 is 10.6 Å². The summed E-state index contributed by atoms with van der Waals surface area (Å²) in [5.41, 5.74) is 2.28. The lowest BCUT2D eigenvalue weighted by Crippen LogP contribution is -2.29. The van der Waals surface area contributed by atoms with Crippen molar-refractivity contribution in [3.8, 4) is 0 Å². The zero-order valence-electron chi connectivity index (χ0n) is 13.1. The highest BCUT2D eigenvalue weighted by molar-refractivity contribution is 9.10. The van der Waals surface area contributed by atoms with E-state index in [2.05, 4.69) is 40.4 Å². The Morgan fingerprint density at radius 1 is 1.00 bits per heavy atom. The minimum absolute atomic E-state index is 0.307. The molecule has 0 aromatic heterocycles. The van der Waals surface area contributed by atoms with E-state index in [0.29, 0.717) is 17.3 Å². The maximum atomic E-state index is 12.1. The zero-order chi connectivity index (χ0) is 16.8. The van der Waals surface area contributed by atoms with E-state index >= 15 is 0 Å². The number of halogens is 1. The Balaban J connectivity index is 2.07. The van der Waals surface area contributed by atoms with Crippen molar-refractivity contribution in [1.82, 2.24) is 0 Å². The Morgan fingerprint density at radius 2 is 1.61 bits per heavy atom. The number of carbonyl (C=O) groups excluding carboxylic acids is 2. The van der Waals surface area contributed by atoms with Gasteiger partial charge >= 0.3 is 11.8 Å². The Morgan fingerprint density at radius 3 is 2.26 bits per heavy atom. The van der Waals surface area contributed by atoms with E-state index in [-0.39, 0.29) is 0 Å². The molecular weight excluding hydrogens is 356 g/mol. The average molecular weight is 375 g/mol. The molecule has 1 atom stereocenters.